The van der Waals surface area contributed by atoms with E-state index in [2.05, 4.69) is 16.1 Å². The highest BCUT2D eigenvalue weighted by Gasteiger charge is 2.07. The summed E-state index contributed by atoms with van der Waals surface area (Å²) in [6.07, 6.45) is -0.548. The molecular weight excluding hydrogens is 164 g/mol. The van der Waals surface area contributed by atoms with Gasteiger partial charge in [0.2, 0.25) is 0 Å². The first kappa shape index (κ1) is 10.9. The van der Waals surface area contributed by atoms with E-state index >= 15 is 0 Å². The highest BCUT2D eigenvalue weighted by molar-refractivity contribution is 5.59. The lowest BCUT2D eigenvalue weighted by Gasteiger charge is -2.07. The largest absolute Gasteiger partial charge is 0.508 e. The Morgan fingerprint density at radius 1 is 1.58 bits per heavy atom. The summed E-state index contributed by atoms with van der Waals surface area (Å²) in [6.45, 7) is 2.66. The molecule has 0 rings (SSSR count). The van der Waals surface area contributed by atoms with E-state index in [9.17, 15) is 4.79 Å². The van der Waals surface area contributed by atoms with Crippen molar-refractivity contribution in [1.82, 2.24) is 0 Å². The zero-order valence-electron chi connectivity index (χ0n) is 6.60. The third-order valence-corrected chi connectivity index (χ3v) is 0.923. The van der Waals surface area contributed by atoms with E-state index in [0.29, 0.717) is 0 Å². The summed E-state index contributed by atoms with van der Waals surface area (Å²) >= 11 is 0. The van der Waals surface area contributed by atoms with Crippen LogP contribution in [0.4, 0.5) is 4.79 Å². The lowest BCUT2D eigenvalue weighted by atomic mass is 10.4. The Morgan fingerprint density at radius 3 is 2.75 bits per heavy atom. The smallest absolute Gasteiger partial charge is 0.431 e. The van der Waals surface area contributed by atoms with E-state index in [1.165, 1.54) is 6.08 Å². The molecule has 1 atom stereocenters. The van der Waals surface area contributed by atoms with E-state index in [0.717, 1.165) is 0 Å². The fourth-order valence-electron chi connectivity index (χ4n) is 0.386. The topological polar surface area (TPSA) is 76.0 Å². The van der Waals surface area contributed by atoms with Crippen molar-refractivity contribution in [3.8, 4) is 0 Å². The number of hydrogen-bond donors (Lipinski definition) is 2. The van der Waals surface area contributed by atoms with Gasteiger partial charge in [-0.25, -0.2) is 4.79 Å². The first-order chi connectivity index (χ1) is 5.70. The van der Waals surface area contributed by atoms with E-state index < -0.39 is 18.9 Å². The highest BCUT2D eigenvalue weighted by Crippen LogP contribution is 1.88. The van der Waals surface area contributed by atoms with Crippen LogP contribution in [-0.2, 0) is 9.47 Å². The summed E-state index contributed by atoms with van der Waals surface area (Å²) in [4.78, 5) is 10.5. The van der Waals surface area contributed by atoms with Crippen molar-refractivity contribution in [3.63, 3.8) is 0 Å². The molecule has 2 N–H and O–H groups in total. The third-order valence-electron chi connectivity index (χ3n) is 0.923. The van der Waals surface area contributed by atoms with Crippen molar-refractivity contribution < 1.29 is 24.5 Å². The van der Waals surface area contributed by atoms with Crippen LogP contribution in [0.5, 0.6) is 0 Å². The number of aliphatic hydroxyl groups excluding tert-OH is 2. The number of rotatable bonds is 5. The van der Waals surface area contributed by atoms with Gasteiger partial charge in [-0.05, 0) is 0 Å². The fourth-order valence-corrected chi connectivity index (χ4v) is 0.386. The van der Waals surface area contributed by atoms with Gasteiger partial charge in [-0.3, -0.25) is 0 Å². The zero-order chi connectivity index (χ0) is 9.40. The van der Waals surface area contributed by atoms with E-state index in [1.807, 2.05) is 0 Å². The Hall–Kier alpha value is -1.07. The summed E-state index contributed by atoms with van der Waals surface area (Å²) in [5.41, 5.74) is 0. The van der Waals surface area contributed by atoms with Gasteiger partial charge in [0.15, 0.2) is 0 Å². The van der Waals surface area contributed by atoms with Crippen molar-refractivity contribution in [2.45, 2.75) is 6.10 Å². The summed E-state index contributed by atoms with van der Waals surface area (Å²) < 4.78 is 8.79. The molecule has 0 aliphatic rings. The minimum absolute atomic E-state index is 0.0635. The van der Waals surface area contributed by atoms with Crippen molar-refractivity contribution >= 4 is 6.16 Å². The number of aliphatic hydroxyl groups is 2. The first-order valence-corrected chi connectivity index (χ1v) is 3.40. The predicted octanol–water partition coefficient (Wildman–Crippen LogP) is -0.321. The van der Waals surface area contributed by atoms with E-state index in [-0.39, 0.29) is 13.2 Å². The maximum absolute atomic E-state index is 10.5. The molecule has 0 aromatic rings. The molecule has 5 heteroatoms. The summed E-state index contributed by atoms with van der Waals surface area (Å²) in [6, 6.07) is 0. The molecule has 0 bridgehead atoms. The van der Waals surface area contributed by atoms with Crippen LogP contribution < -0.4 is 0 Å². The number of carbonyl (C=O) groups is 1. The monoisotopic (exact) mass is 176 g/mol. The molecular formula is C7H12O5. The average Bonchev–Trinajstić information content (AvgIpc) is 2.10. The van der Waals surface area contributed by atoms with Gasteiger partial charge in [0.05, 0.1) is 6.61 Å². The van der Waals surface area contributed by atoms with Crippen molar-refractivity contribution in [1.29, 1.82) is 0 Å². The summed E-state index contributed by atoms with van der Waals surface area (Å²) in [5.74, 6) is 0. The summed E-state index contributed by atoms with van der Waals surface area (Å²) in [5, 5.41) is 17.1. The second-order valence-electron chi connectivity index (χ2n) is 2.00. The maximum atomic E-state index is 10.5. The second kappa shape index (κ2) is 6.63. The molecule has 0 aliphatic heterocycles. The maximum Gasteiger partial charge on any atom is 0.508 e. The molecule has 0 radical (unpaired) electrons. The van der Waals surface area contributed by atoms with Gasteiger partial charge >= 0.3 is 6.16 Å². The molecule has 0 spiro atoms. The number of ether oxygens (including phenoxy) is 2. The second-order valence-corrected chi connectivity index (χ2v) is 2.00. The van der Waals surface area contributed by atoms with Gasteiger partial charge in [-0.2, -0.15) is 0 Å². The minimum atomic E-state index is -1.05. The van der Waals surface area contributed by atoms with Crippen molar-refractivity contribution in [2.24, 2.45) is 0 Å². The first-order valence-electron chi connectivity index (χ1n) is 3.40. The van der Waals surface area contributed by atoms with E-state index in [4.69, 9.17) is 10.2 Å². The molecule has 0 saturated carbocycles. The van der Waals surface area contributed by atoms with Gasteiger partial charge in [0.1, 0.15) is 19.3 Å². The van der Waals surface area contributed by atoms with Gasteiger partial charge in [-0.15, -0.1) is 0 Å². The molecule has 5 nitrogen and oxygen atoms in total. The minimum Gasteiger partial charge on any atom is -0.431 e. The van der Waals surface area contributed by atoms with Crippen LogP contribution in [0.2, 0.25) is 0 Å². The Bertz CT molecular complexity index is 145. The third kappa shape index (κ3) is 5.70. The normalized spacial score (nSPS) is 11.8. The summed E-state index contributed by atoms with van der Waals surface area (Å²) in [7, 11) is 0. The molecule has 0 heterocycles. The quantitative estimate of drug-likeness (QED) is 0.443. The Balaban J connectivity index is 3.36. The zero-order valence-corrected chi connectivity index (χ0v) is 6.60. The molecule has 70 valence electrons. The lowest BCUT2D eigenvalue weighted by Crippen LogP contribution is -2.22. The van der Waals surface area contributed by atoms with Crippen LogP contribution in [-0.4, -0.2) is 42.3 Å². The number of hydrogen-bond acceptors (Lipinski definition) is 5. The Labute approximate surface area is 70.2 Å². The predicted molar refractivity (Wildman–Crippen MR) is 40.6 cm³/mol. The van der Waals surface area contributed by atoms with Crippen LogP contribution in [0.15, 0.2) is 12.7 Å². The fraction of sp³-hybridized carbons (Fsp3) is 0.571. The molecule has 12 heavy (non-hydrogen) atoms. The lowest BCUT2D eigenvalue weighted by molar-refractivity contribution is 0.00405. The molecule has 0 saturated heterocycles. The van der Waals surface area contributed by atoms with Gasteiger partial charge in [0, 0.05) is 0 Å². The SMILES string of the molecule is C=CCOC(=O)OCC(O)CO. The molecule has 0 amide bonds. The van der Waals surface area contributed by atoms with Crippen molar-refractivity contribution in [2.75, 3.05) is 19.8 Å². The van der Waals surface area contributed by atoms with Crippen LogP contribution in [0.25, 0.3) is 0 Å². The van der Waals surface area contributed by atoms with Crippen LogP contribution in [0.3, 0.4) is 0 Å². The molecule has 1 unspecified atom stereocenters. The van der Waals surface area contributed by atoms with Crippen LogP contribution in [0, 0.1) is 0 Å². The molecule has 0 aromatic carbocycles. The van der Waals surface area contributed by atoms with Gasteiger partial charge in [0.25, 0.3) is 0 Å². The standard InChI is InChI=1S/C7H12O5/c1-2-3-11-7(10)12-5-6(9)4-8/h2,6,8-9H,1,3-5H2. The van der Waals surface area contributed by atoms with E-state index in [1.54, 1.807) is 0 Å². The molecule has 0 fully saturated rings. The van der Waals surface area contributed by atoms with Gasteiger partial charge < -0.3 is 19.7 Å². The van der Waals surface area contributed by atoms with Gasteiger partial charge in [-0.1, -0.05) is 12.7 Å². The van der Waals surface area contributed by atoms with Crippen LogP contribution >= 0.6 is 0 Å². The number of carbonyl (C=O) groups excluding carboxylic acids is 1. The Kier molecular flexibility index (Phi) is 6.04. The highest BCUT2D eigenvalue weighted by atomic mass is 16.7. The van der Waals surface area contributed by atoms with Crippen LogP contribution in [0.1, 0.15) is 0 Å². The average molecular weight is 176 g/mol. The Morgan fingerprint density at radius 2 is 2.25 bits per heavy atom. The van der Waals surface area contributed by atoms with Crippen molar-refractivity contribution in [3.05, 3.63) is 12.7 Å². The molecule has 0 aliphatic carbocycles. The molecule has 0 aromatic heterocycles.